The number of carbonyl (C=O) groups excluding carboxylic acids is 1. The van der Waals surface area contributed by atoms with Gasteiger partial charge in [-0.2, -0.15) is 0 Å². The number of carbonyl (C=O) groups is 1. The van der Waals surface area contributed by atoms with Crippen molar-refractivity contribution in [2.45, 2.75) is 25.3 Å². The molecule has 0 spiro atoms. The van der Waals surface area contributed by atoms with Crippen LogP contribution in [-0.2, 0) is 4.79 Å². The third kappa shape index (κ3) is 5.59. The Labute approximate surface area is 244 Å². The summed E-state index contributed by atoms with van der Waals surface area (Å²) in [5.41, 5.74) is 2.57. The molecule has 0 bridgehead atoms. The molecule has 222 valence electrons. The van der Waals surface area contributed by atoms with Gasteiger partial charge in [0.2, 0.25) is 0 Å². The van der Waals surface area contributed by atoms with E-state index in [4.69, 9.17) is 20.8 Å². The fourth-order valence-corrected chi connectivity index (χ4v) is 5.41. The Kier molecular flexibility index (Phi) is 6.79. The predicted octanol–water partition coefficient (Wildman–Crippen LogP) is 6.80. The van der Waals surface area contributed by atoms with Gasteiger partial charge >= 0.3 is 12.1 Å². The van der Waals surface area contributed by atoms with Crippen LogP contribution >= 0.6 is 11.6 Å². The summed E-state index contributed by atoms with van der Waals surface area (Å²) < 4.78 is 81.1. The zero-order valence-corrected chi connectivity index (χ0v) is 22.7. The minimum absolute atomic E-state index is 0.0349. The minimum Gasteiger partial charge on any atom is -0.457 e. The van der Waals surface area contributed by atoms with Crippen LogP contribution in [0.5, 0.6) is 17.2 Å². The lowest BCUT2D eigenvalue weighted by molar-refractivity contribution is -0.274. The minimum atomic E-state index is -4.92. The summed E-state index contributed by atoms with van der Waals surface area (Å²) in [5, 5.41) is -0.326. The summed E-state index contributed by atoms with van der Waals surface area (Å²) in [4.78, 5) is 33.5. The fourth-order valence-electron chi connectivity index (χ4n) is 5.20. The van der Waals surface area contributed by atoms with Crippen LogP contribution < -0.4 is 15.2 Å². The maximum absolute atomic E-state index is 14.3. The molecule has 3 aromatic carbocycles. The van der Waals surface area contributed by atoms with Crippen LogP contribution in [0.25, 0.3) is 11.1 Å². The number of amides is 1. The van der Waals surface area contributed by atoms with Gasteiger partial charge in [-0.1, -0.05) is 29.8 Å². The molecule has 1 aromatic heterocycles. The summed E-state index contributed by atoms with van der Waals surface area (Å²) in [7, 11) is 0. The van der Waals surface area contributed by atoms with E-state index in [1.807, 2.05) is 0 Å². The molecule has 0 saturated heterocycles. The molecule has 14 heteroatoms. The Balaban J connectivity index is 1.33. The van der Waals surface area contributed by atoms with Crippen molar-refractivity contribution in [2.75, 3.05) is 13.1 Å². The molecular weight excluding hydrogens is 601 g/mol. The number of aromatic amines is 1. The number of alkyl halides is 5. The maximum Gasteiger partial charge on any atom is 0.573 e. The van der Waals surface area contributed by atoms with Gasteiger partial charge in [0.1, 0.15) is 17.2 Å². The number of H-pyrrole nitrogens is 1. The lowest BCUT2D eigenvalue weighted by atomic mass is 9.91. The van der Waals surface area contributed by atoms with Crippen molar-refractivity contribution in [3.05, 3.63) is 98.5 Å². The molecule has 2 aliphatic rings. The first-order valence-corrected chi connectivity index (χ1v) is 13.1. The van der Waals surface area contributed by atoms with Crippen LogP contribution in [0.2, 0.25) is 5.02 Å². The number of nitrogens with one attached hydrogen (secondary N) is 1. The van der Waals surface area contributed by atoms with Gasteiger partial charge in [-0.05, 0) is 42.0 Å². The maximum atomic E-state index is 14.3. The van der Waals surface area contributed by atoms with Gasteiger partial charge in [-0.3, -0.25) is 14.8 Å². The molecule has 1 unspecified atom stereocenters. The number of hydrogen-bond acceptors (Lipinski definition) is 6. The Morgan fingerprint density at radius 2 is 1.77 bits per heavy atom. The highest BCUT2D eigenvalue weighted by atomic mass is 35.5. The molecule has 4 aromatic rings. The second-order valence-electron chi connectivity index (χ2n) is 9.97. The third-order valence-electron chi connectivity index (χ3n) is 6.79. The second-order valence-corrected chi connectivity index (χ2v) is 10.4. The van der Waals surface area contributed by atoms with E-state index in [0.717, 1.165) is 24.0 Å². The number of aliphatic imine (C=N–C) groups is 1. The van der Waals surface area contributed by atoms with Crippen molar-refractivity contribution in [1.29, 1.82) is 0 Å². The number of oxazole rings is 1. The molecule has 1 amide bonds. The second kappa shape index (κ2) is 10.3. The summed E-state index contributed by atoms with van der Waals surface area (Å²) in [6.07, 6.45) is -4.92. The van der Waals surface area contributed by atoms with E-state index < -0.39 is 42.3 Å². The molecule has 0 fully saturated rings. The SMILES string of the molecule is CC(F)(F)CN1C(=O)C2=C(C(c3cccc4[nH]c(=O)oc34)=NC2)C1c1ccc(Oc2ccc(OC(F)(F)F)c(Cl)c2)cc1. The van der Waals surface area contributed by atoms with E-state index in [2.05, 4.69) is 14.7 Å². The summed E-state index contributed by atoms with van der Waals surface area (Å²) in [5.74, 6) is -4.69. The summed E-state index contributed by atoms with van der Waals surface area (Å²) in [6.45, 7) is -0.172. The van der Waals surface area contributed by atoms with E-state index in [-0.39, 0.29) is 34.2 Å². The van der Waals surface area contributed by atoms with Crippen molar-refractivity contribution in [3.8, 4) is 17.2 Å². The van der Waals surface area contributed by atoms with Crippen molar-refractivity contribution >= 4 is 34.3 Å². The van der Waals surface area contributed by atoms with Gasteiger partial charge in [0.15, 0.2) is 5.58 Å². The molecule has 8 nitrogen and oxygen atoms in total. The lowest BCUT2D eigenvalue weighted by Gasteiger charge is -2.30. The standard InChI is InChI=1S/C29H19ClF5N3O5/c1-28(31,32)13-38-24(14-5-7-15(8-6-14)41-16-9-10-21(19(30)11-16)43-29(33,34)35)22-18(26(38)39)12-36-23(22)17-3-2-4-20-25(17)42-27(40)37-20/h2-11,24H,12-13H2,1H3,(H,37,40). The molecule has 1 N–H and O–H groups in total. The monoisotopic (exact) mass is 619 g/mol. The van der Waals surface area contributed by atoms with Gasteiger partial charge in [0.25, 0.3) is 11.8 Å². The van der Waals surface area contributed by atoms with Crippen LogP contribution in [0.3, 0.4) is 0 Å². The number of nitrogens with zero attached hydrogens (tertiary/aromatic N) is 2. The van der Waals surface area contributed by atoms with E-state index in [1.54, 1.807) is 30.3 Å². The normalized spacial score (nSPS) is 17.1. The van der Waals surface area contributed by atoms with Gasteiger partial charge < -0.3 is 18.8 Å². The Bertz CT molecular complexity index is 1870. The van der Waals surface area contributed by atoms with Gasteiger partial charge in [0.05, 0.1) is 35.4 Å². The van der Waals surface area contributed by atoms with Gasteiger partial charge in [-0.25, -0.2) is 13.6 Å². The Morgan fingerprint density at radius 3 is 2.44 bits per heavy atom. The molecule has 0 aliphatic carbocycles. The molecular formula is C29H19ClF5N3O5. The highest BCUT2D eigenvalue weighted by Crippen LogP contribution is 2.45. The van der Waals surface area contributed by atoms with Crippen LogP contribution in [0.15, 0.2) is 86.0 Å². The number of aromatic nitrogens is 1. The number of fused-ring (bicyclic) bond motifs is 1. The number of hydrogen-bond donors (Lipinski definition) is 1. The Hall–Kier alpha value is -4.65. The number of para-hydroxylation sites is 1. The zero-order chi connectivity index (χ0) is 30.7. The van der Waals surface area contributed by atoms with E-state index in [0.29, 0.717) is 27.9 Å². The zero-order valence-electron chi connectivity index (χ0n) is 22.0. The van der Waals surface area contributed by atoms with Gasteiger partial charge in [0, 0.05) is 29.7 Å². The molecule has 2 aliphatic heterocycles. The van der Waals surface area contributed by atoms with Gasteiger partial charge in [-0.15, -0.1) is 13.2 Å². The van der Waals surface area contributed by atoms with Crippen molar-refractivity contribution in [3.63, 3.8) is 0 Å². The van der Waals surface area contributed by atoms with Crippen LogP contribution in [0, 0.1) is 0 Å². The van der Waals surface area contributed by atoms with Crippen molar-refractivity contribution in [2.24, 2.45) is 4.99 Å². The summed E-state index contributed by atoms with van der Waals surface area (Å²) in [6, 6.07) is 13.6. The molecule has 0 radical (unpaired) electrons. The average Bonchev–Trinajstić information content (AvgIpc) is 3.58. The first-order valence-electron chi connectivity index (χ1n) is 12.7. The smallest absolute Gasteiger partial charge is 0.457 e. The van der Waals surface area contributed by atoms with Crippen LogP contribution in [0.4, 0.5) is 22.0 Å². The molecule has 6 rings (SSSR count). The van der Waals surface area contributed by atoms with Crippen molar-refractivity contribution in [1.82, 2.24) is 9.88 Å². The first kappa shape index (κ1) is 28.5. The van der Waals surface area contributed by atoms with Crippen LogP contribution in [-0.4, -0.2) is 46.9 Å². The van der Waals surface area contributed by atoms with Crippen molar-refractivity contribution < 1.29 is 40.6 Å². The molecule has 3 heterocycles. The molecule has 0 saturated carbocycles. The topological polar surface area (TPSA) is 97.1 Å². The van der Waals surface area contributed by atoms with E-state index in [1.165, 1.54) is 18.2 Å². The average molecular weight is 620 g/mol. The number of ether oxygens (including phenoxy) is 2. The first-order chi connectivity index (χ1) is 20.3. The Morgan fingerprint density at radius 1 is 1.05 bits per heavy atom. The third-order valence-corrected chi connectivity index (χ3v) is 7.09. The van der Waals surface area contributed by atoms with E-state index >= 15 is 0 Å². The quantitative estimate of drug-likeness (QED) is 0.230. The number of rotatable bonds is 7. The van der Waals surface area contributed by atoms with Crippen LogP contribution in [0.1, 0.15) is 24.1 Å². The number of halogens is 6. The highest BCUT2D eigenvalue weighted by molar-refractivity contribution is 6.32. The number of benzene rings is 3. The largest absolute Gasteiger partial charge is 0.573 e. The molecule has 1 atom stereocenters. The predicted molar refractivity (Wildman–Crippen MR) is 145 cm³/mol. The summed E-state index contributed by atoms with van der Waals surface area (Å²) >= 11 is 5.90. The fraction of sp³-hybridized carbons (Fsp3) is 0.207. The van der Waals surface area contributed by atoms with E-state index in [9.17, 15) is 31.5 Å². The lowest BCUT2D eigenvalue weighted by Crippen LogP contribution is -2.40. The molecule has 43 heavy (non-hydrogen) atoms. The highest BCUT2D eigenvalue weighted by Gasteiger charge is 2.47.